The Morgan fingerprint density at radius 1 is 1.69 bits per heavy atom. The predicted molar refractivity (Wildman–Crippen MR) is 54.7 cm³/mol. The van der Waals surface area contributed by atoms with Gasteiger partial charge in [0, 0.05) is 33.0 Å². The summed E-state index contributed by atoms with van der Waals surface area (Å²) < 4.78 is 2.00. The number of rotatable bonds is 4. The molecule has 4 nitrogen and oxygen atoms in total. The molecule has 1 aromatic heterocycles. The highest BCUT2D eigenvalue weighted by atomic mass is 15.3. The number of aromatic nitrogens is 2. The SMILES string of the molecule is CC(CN)CN(C)c1nccn1C. The van der Waals surface area contributed by atoms with Crippen LogP contribution in [0.4, 0.5) is 5.95 Å². The molecule has 2 N–H and O–H groups in total. The van der Waals surface area contributed by atoms with Crippen LogP contribution >= 0.6 is 0 Å². The lowest BCUT2D eigenvalue weighted by molar-refractivity contribution is 0.580. The molecule has 1 rings (SSSR count). The van der Waals surface area contributed by atoms with E-state index in [0.717, 1.165) is 19.0 Å². The molecule has 0 aromatic carbocycles. The Balaban J connectivity index is 2.58. The van der Waals surface area contributed by atoms with Crippen molar-refractivity contribution in [2.24, 2.45) is 18.7 Å². The van der Waals surface area contributed by atoms with Crippen LogP contribution in [0.15, 0.2) is 12.4 Å². The van der Waals surface area contributed by atoms with Crippen LogP contribution < -0.4 is 10.6 Å². The second-order valence-corrected chi connectivity index (χ2v) is 3.56. The summed E-state index contributed by atoms with van der Waals surface area (Å²) >= 11 is 0. The minimum atomic E-state index is 0.502. The van der Waals surface area contributed by atoms with Crippen LogP contribution in [0, 0.1) is 5.92 Å². The highest BCUT2D eigenvalue weighted by molar-refractivity contribution is 5.29. The fourth-order valence-electron chi connectivity index (χ4n) is 1.35. The normalized spacial score (nSPS) is 12.9. The molecule has 1 atom stereocenters. The molecule has 0 spiro atoms. The standard InChI is InChI=1S/C9H18N4/c1-8(6-10)7-13(3)9-11-4-5-12(9)2/h4-5,8H,6-7,10H2,1-3H3. The van der Waals surface area contributed by atoms with Gasteiger partial charge >= 0.3 is 0 Å². The van der Waals surface area contributed by atoms with E-state index in [1.807, 2.05) is 24.9 Å². The molecule has 0 radical (unpaired) electrons. The molecule has 1 aromatic rings. The third-order valence-electron chi connectivity index (χ3n) is 2.13. The first kappa shape index (κ1) is 10.1. The number of anilines is 1. The molecule has 13 heavy (non-hydrogen) atoms. The van der Waals surface area contributed by atoms with Gasteiger partial charge in [0.25, 0.3) is 0 Å². The Bertz CT molecular complexity index is 256. The van der Waals surface area contributed by atoms with Crippen LogP contribution in [0.2, 0.25) is 0 Å². The van der Waals surface area contributed by atoms with E-state index < -0.39 is 0 Å². The van der Waals surface area contributed by atoms with Gasteiger partial charge in [0.05, 0.1) is 0 Å². The molecule has 1 heterocycles. The fraction of sp³-hybridized carbons (Fsp3) is 0.667. The lowest BCUT2D eigenvalue weighted by atomic mass is 10.2. The Hall–Kier alpha value is -1.03. The highest BCUT2D eigenvalue weighted by Crippen LogP contribution is 2.08. The van der Waals surface area contributed by atoms with Crippen LogP contribution in [0.1, 0.15) is 6.92 Å². The van der Waals surface area contributed by atoms with Gasteiger partial charge in [-0.25, -0.2) is 4.98 Å². The summed E-state index contributed by atoms with van der Waals surface area (Å²) in [7, 11) is 4.03. The largest absolute Gasteiger partial charge is 0.345 e. The third kappa shape index (κ3) is 2.45. The average Bonchev–Trinajstić information content (AvgIpc) is 2.51. The van der Waals surface area contributed by atoms with E-state index in [-0.39, 0.29) is 0 Å². The van der Waals surface area contributed by atoms with Gasteiger partial charge < -0.3 is 15.2 Å². The summed E-state index contributed by atoms with van der Waals surface area (Å²) in [6, 6.07) is 0. The fourth-order valence-corrected chi connectivity index (χ4v) is 1.35. The maximum Gasteiger partial charge on any atom is 0.204 e. The summed E-state index contributed by atoms with van der Waals surface area (Å²) in [6.45, 7) is 3.80. The van der Waals surface area contributed by atoms with Gasteiger partial charge in [-0.3, -0.25) is 0 Å². The number of hydrogen-bond donors (Lipinski definition) is 1. The van der Waals surface area contributed by atoms with Gasteiger partial charge in [-0.05, 0) is 12.5 Å². The van der Waals surface area contributed by atoms with Gasteiger partial charge in [-0.1, -0.05) is 6.92 Å². The van der Waals surface area contributed by atoms with Crippen LogP contribution in [-0.2, 0) is 7.05 Å². The lowest BCUT2D eigenvalue weighted by Crippen LogP contribution is -2.29. The van der Waals surface area contributed by atoms with Crippen molar-refractivity contribution in [3.63, 3.8) is 0 Å². The zero-order valence-electron chi connectivity index (χ0n) is 8.57. The van der Waals surface area contributed by atoms with E-state index >= 15 is 0 Å². The van der Waals surface area contributed by atoms with E-state index in [1.165, 1.54) is 0 Å². The van der Waals surface area contributed by atoms with E-state index in [4.69, 9.17) is 5.73 Å². The van der Waals surface area contributed by atoms with E-state index in [9.17, 15) is 0 Å². The molecule has 0 fully saturated rings. The molecular weight excluding hydrogens is 164 g/mol. The first-order valence-corrected chi connectivity index (χ1v) is 4.53. The molecule has 0 bridgehead atoms. The molecule has 0 amide bonds. The number of aryl methyl sites for hydroxylation is 1. The van der Waals surface area contributed by atoms with E-state index in [1.54, 1.807) is 6.20 Å². The van der Waals surface area contributed by atoms with Crippen molar-refractivity contribution >= 4 is 5.95 Å². The molecule has 0 aliphatic heterocycles. The summed E-state index contributed by atoms with van der Waals surface area (Å²) in [5, 5.41) is 0. The zero-order chi connectivity index (χ0) is 9.84. The molecule has 0 aliphatic rings. The Kier molecular flexibility index (Phi) is 3.31. The molecular formula is C9H18N4. The second-order valence-electron chi connectivity index (χ2n) is 3.56. The van der Waals surface area contributed by atoms with Crippen molar-refractivity contribution in [2.45, 2.75) is 6.92 Å². The lowest BCUT2D eigenvalue weighted by Gasteiger charge is -2.21. The van der Waals surface area contributed by atoms with Crippen molar-refractivity contribution in [3.8, 4) is 0 Å². The van der Waals surface area contributed by atoms with Gasteiger partial charge in [0.1, 0.15) is 0 Å². The number of nitrogens with two attached hydrogens (primary N) is 1. The molecule has 1 unspecified atom stereocenters. The van der Waals surface area contributed by atoms with Crippen LogP contribution in [0.3, 0.4) is 0 Å². The smallest absolute Gasteiger partial charge is 0.204 e. The summed E-state index contributed by atoms with van der Waals surface area (Å²) in [5.41, 5.74) is 5.56. The third-order valence-corrected chi connectivity index (χ3v) is 2.13. The van der Waals surface area contributed by atoms with E-state index in [2.05, 4.69) is 16.8 Å². The van der Waals surface area contributed by atoms with Gasteiger partial charge in [0.15, 0.2) is 0 Å². The quantitative estimate of drug-likeness (QED) is 0.735. The Morgan fingerprint density at radius 3 is 2.85 bits per heavy atom. The molecule has 74 valence electrons. The summed E-state index contributed by atoms with van der Waals surface area (Å²) in [4.78, 5) is 6.37. The number of imidazole rings is 1. The first-order valence-electron chi connectivity index (χ1n) is 4.53. The molecule has 0 saturated carbocycles. The van der Waals surface area contributed by atoms with E-state index in [0.29, 0.717) is 5.92 Å². The van der Waals surface area contributed by atoms with Crippen molar-refractivity contribution in [2.75, 3.05) is 25.0 Å². The zero-order valence-corrected chi connectivity index (χ0v) is 8.57. The monoisotopic (exact) mass is 182 g/mol. The maximum absolute atomic E-state index is 5.56. The minimum absolute atomic E-state index is 0.502. The summed E-state index contributed by atoms with van der Waals surface area (Å²) in [6.07, 6.45) is 3.75. The van der Waals surface area contributed by atoms with Crippen molar-refractivity contribution in [1.29, 1.82) is 0 Å². The van der Waals surface area contributed by atoms with Crippen LogP contribution in [0.25, 0.3) is 0 Å². The van der Waals surface area contributed by atoms with Crippen molar-refractivity contribution in [1.82, 2.24) is 9.55 Å². The number of hydrogen-bond acceptors (Lipinski definition) is 3. The topological polar surface area (TPSA) is 47.1 Å². The highest BCUT2D eigenvalue weighted by Gasteiger charge is 2.08. The van der Waals surface area contributed by atoms with Crippen LogP contribution in [0.5, 0.6) is 0 Å². The average molecular weight is 182 g/mol. The minimum Gasteiger partial charge on any atom is -0.345 e. The van der Waals surface area contributed by atoms with Gasteiger partial charge in [-0.15, -0.1) is 0 Å². The van der Waals surface area contributed by atoms with Crippen LogP contribution in [-0.4, -0.2) is 29.7 Å². The molecule has 0 saturated heterocycles. The van der Waals surface area contributed by atoms with Crippen molar-refractivity contribution in [3.05, 3.63) is 12.4 Å². The van der Waals surface area contributed by atoms with Gasteiger partial charge in [0.2, 0.25) is 5.95 Å². The first-order chi connectivity index (χ1) is 6.15. The maximum atomic E-state index is 5.56. The predicted octanol–water partition coefficient (Wildman–Crippen LogP) is 0.451. The Labute approximate surface area is 79.4 Å². The molecule has 4 heteroatoms. The second kappa shape index (κ2) is 4.28. The Morgan fingerprint density at radius 2 is 2.38 bits per heavy atom. The number of nitrogens with zero attached hydrogens (tertiary/aromatic N) is 3. The van der Waals surface area contributed by atoms with Gasteiger partial charge in [-0.2, -0.15) is 0 Å². The summed E-state index contributed by atoms with van der Waals surface area (Å²) in [5.74, 6) is 1.49. The van der Waals surface area contributed by atoms with Crippen molar-refractivity contribution < 1.29 is 0 Å². The molecule has 0 aliphatic carbocycles.